The number of urea groups is 1. The number of aromatic nitrogens is 1. The molecule has 0 radical (unpaired) electrons. The Morgan fingerprint density at radius 2 is 1.89 bits per heavy atom. The molecule has 6 nitrogen and oxygen atoms in total. The molecule has 3 fully saturated rings. The third-order valence-electron chi connectivity index (χ3n) is 6.32. The fraction of sp³-hybridized carbons (Fsp3) is 0.619. The average Bonchev–Trinajstić information content (AvgIpc) is 3.11. The van der Waals surface area contributed by atoms with Crippen LogP contribution >= 0.6 is 11.3 Å². The van der Waals surface area contributed by atoms with Crippen molar-refractivity contribution in [2.24, 2.45) is 0 Å². The summed E-state index contributed by atoms with van der Waals surface area (Å²) in [7, 11) is 0. The van der Waals surface area contributed by atoms with Gasteiger partial charge in [0.05, 0.1) is 28.4 Å². The molecule has 2 aliphatic heterocycles. The second-order valence-electron chi connectivity index (χ2n) is 8.18. The van der Waals surface area contributed by atoms with Gasteiger partial charge in [-0.25, -0.2) is 9.78 Å². The summed E-state index contributed by atoms with van der Waals surface area (Å²) in [5.41, 5.74) is 1.89. The van der Waals surface area contributed by atoms with Gasteiger partial charge in [0.1, 0.15) is 0 Å². The number of fused-ring (bicyclic) bond motifs is 1. The van der Waals surface area contributed by atoms with E-state index in [1.54, 1.807) is 16.2 Å². The number of rotatable bonds is 3. The number of hydrogen-bond acceptors (Lipinski definition) is 5. The molecule has 150 valence electrons. The van der Waals surface area contributed by atoms with Crippen molar-refractivity contribution in [3.63, 3.8) is 0 Å². The van der Waals surface area contributed by atoms with Crippen LogP contribution in [0.1, 0.15) is 43.0 Å². The zero-order valence-electron chi connectivity index (χ0n) is 16.2. The number of carbonyl (C=O) groups excluding carboxylic acids is 1. The van der Waals surface area contributed by atoms with Gasteiger partial charge in [-0.3, -0.25) is 0 Å². The molecule has 2 aromatic rings. The number of morpholine rings is 1. The molecular weight excluding hydrogens is 372 g/mol. The van der Waals surface area contributed by atoms with Crippen molar-refractivity contribution in [2.45, 2.75) is 44.1 Å². The van der Waals surface area contributed by atoms with Crippen molar-refractivity contribution in [3.05, 3.63) is 23.2 Å². The molecular formula is C21H28N4O2S. The summed E-state index contributed by atoms with van der Waals surface area (Å²) in [6.45, 7) is 5.10. The monoisotopic (exact) mass is 400 g/mol. The molecule has 0 unspecified atom stereocenters. The lowest BCUT2D eigenvalue weighted by molar-refractivity contribution is 0.0564. The van der Waals surface area contributed by atoms with Crippen molar-refractivity contribution < 1.29 is 9.53 Å². The van der Waals surface area contributed by atoms with Crippen LogP contribution in [-0.2, 0) is 4.74 Å². The van der Waals surface area contributed by atoms with Crippen LogP contribution in [0.2, 0.25) is 0 Å². The molecule has 28 heavy (non-hydrogen) atoms. The Balaban J connectivity index is 1.22. The van der Waals surface area contributed by atoms with E-state index in [4.69, 9.17) is 9.72 Å². The lowest BCUT2D eigenvalue weighted by atomic mass is 9.79. The van der Waals surface area contributed by atoms with Crippen LogP contribution in [0, 0.1) is 0 Å². The van der Waals surface area contributed by atoms with Gasteiger partial charge in [0.2, 0.25) is 0 Å². The number of anilines is 1. The third-order valence-corrected chi connectivity index (χ3v) is 7.50. The summed E-state index contributed by atoms with van der Waals surface area (Å²) in [4.78, 5) is 21.8. The van der Waals surface area contributed by atoms with Crippen LogP contribution < -0.4 is 5.32 Å². The normalized spacial score (nSPS) is 26.2. The van der Waals surface area contributed by atoms with Crippen molar-refractivity contribution in [1.82, 2.24) is 14.8 Å². The number of piperidine rings is 1. The van der Waals surface area contributed by atoms with E-state index >= 15 is 0 Å². The maximum absolute atomic E-state index is 12.4. The summed E-state index contributed by atoms with van der Waals surface area (Å²) >= 11 is 1.79. The summed E-state index contributed by atoms with van der Waals surface area (Å²) in [6, 6.07) is 6.78. The second-order valence-corrected chi connectivity index (χ2v) is 9.25. The van der Waals surface area contributed by atoms with Crippen molar-refractivity contribution >= 4 is 33.3 Å². The second kappa shape index (κ2) is 7.97. The number of hydrogen-bond donors (Lipinski definition) is 1. The highest BCUT2D eigenvalue weighted by Crippen LogP contribution is 2.43. The maximum Gasteiger partial charge on any atom is 0.322 e. The first-order valence-corrected chi connectivity index (χ1v) is 11.4. The highest BCUT2D eigenvalue weighted by molar-refractivity contribution is 7.18. The predicted molar refractivity (Wildman–Crippen MR) is 112 cm³/mol. The minimum Gasteiger partial charge on any atom is -0.378 e. The van der Waals surface area contributed by atoms with Gasteiger partial charge in [-0.15, -0.1) is 11.3 Å². The van der Waals surface area contributed by atoms with Crippen LogP contribution in [0.4, 0.5) is 10.5 Å². The zero-order chi connectivity index (χ0) is 18.9. The standard InChI is InChI=1S/C21H28N4O2S/c26-21(25-8-10-27-11-9-25)22-16-4-5-18-19(14-16)28-20(23-18)15-12-17(13-15)24-6-2-1-3-7-24/h4-5,14-15,17H,1-3,6-13H2,(H,22,26). The SMILES string of the molecule is O=C(Nc1ccc2nc(C3CC(N4CCCCC4)C3)sc2c1)N1CCOCC1. The van der Waals surface area contributed by atoms with Gasteiger partial charge >= 0.3 is 6.03 Å². The molecule has 1 aliphatic carbocycles. The minimum atomic E-state index is -0.0456. The van der Waals surface area contributed by atoms with Gasteiger partial charge in [0, 0.05) is 30.7 Å². The first kappa shape index (κ1) is 18.3. The first-order valence-electron chi connectivity index (χ1n) is 10.5. The third kappa shape index (κ3) is 3.75. The largest absolute Gasteiger partial charge is 0.378 e. The molecule has 0 bridgehead atoms. The fourth-order valence-electron chi connectivity index (χ4n) is 4.53. The molecule has 1 N–H and O–H groups in total. The summed E-state index contributed by atoms with van der Waals surface area (Å²) in [5, 5.41) is 4.29. The summed E-state index contributed by atoms with van der Waals surface area (Å²) in [6.07, 6.45) is 6.62. The number of benzene rings is 1. The van der Waals surface area contributed by atoms with Crippen LogP contribution in [0.5, 0.6) is 0 Å². The van der Waals surface area contributed by atoms with E-state index in [1.165, 1.54) is 50.2 Å². The van der Waals surface area contributed by atoms with E-state index in [0.29, 0.717) is 32.2 Å². The van der Waals surface area contributed by atoms with E-state index in [1.807, 2.05) is 12.1 Å². The number of carbonyl (C=O) groups is 1. The van der Waals surface area contributed by atoms with Crippen LogP contribution in [-0.4, -0.2) is 66.2 Å². The van der Waals surface area contributed by atoms with Crippen molar-refractivity contribution in [2.75, 3.05) is 44.7 Å². The average molecular weight is 401 g/mol. The molecule has 1 aromatic carbocycles. The van der Waals surface area contributed by atoms with Gasteiger partial charge < -0.3 is 19.9 Å². The predicted octanol–water partition coefficient (Wildman–Crippen LogP) is 3.89. The first-order chi connectivity index (χ1) is 13.8. The van der Waals surface area contributed by atoms with Gasteiger partial charge in [-0.2, -0.15) is 0 Å². The molecule has 1 saturated carbocycles. The Kier molecular flexibility index (Phi) is 5.22. The van der Waals surface area contributed by atoms with Crippen LogP contribution in [0.15, 0.2) is 18.2 Å². The Labute approximate surface area is 169 Å². The molecule has 3 aliphatic rings. The quantitative estimate of drug-likeness (QED) is 0.849. The number of nitrogens with zero attached hydrogens (tertiary/aromatic N) is 3. The molecule has 7 heteroatoms. The van der Waals surface area contributed by atoms with E-state index < -0.39 is 0 Å². The smallest absolute Gasteiger partial charge is 0.322 e. The molecule has 3 heterocycles. The number of amides is 2. The van der Waals surface area contributed by atoms with E-state index in [2.05, 4.69) is 16.3 Å². The summed E-state index contributed by atoms with van der Waals surface area (Å²) in [5.74, 6) is 0.607. The van der Waals surface area contributed by atoms with E-state index in [0.717, 1.165) is 21.9 Å². The van der Waals surface area contributed by atoms with Gasteiger partial charge in [-0.1, -0.05) is 6.42 Å². The molecule has 2 amide bonds. The Morgan fingerprint density at radius 3 is 2.68 bits per heavy atom. The van der Waals surface area contributed by atoms with Gasteiger partial charge in [0.15, 0.2) is 0 Å². The van der Waals surface area contributed by atoms with Crippen LogP contribution in [0.25, 0.3) is 10.2 Å². The molecule has 0 spiro atoms. The zero-order valence-corrected chi connectivity index (χ0v) is 17.0. The molecule has 2 saturated heterocycles. The number of likely N-dealkylation sites (tertiary alicyclic amines) is 1. The lowest BCUT2D eigenvalue weighted by Gasteiger charge is -2.43. The number of thiazole rings is 1. The molecule has 5 rings (SSSR count). The number of nitrogens with one attached hydrogen (secondary N) is 1. The van der Waals surface area contributed by atoms with Gasteiger partial charge in [-0.05, 0) is 57.0 Å². The minimum absolute atomic E-state index is 0.0456. The van der Waals surface area contributed by atoms with Gasteiger partial charge in [0.25, 0.3) is 0 Å². The highest BCUT2D eigenvalue weighted by atomic mass is 32.1. The fourth-order valence-corrected chi connectivity index (χ4v) is 5.67. The Morgan fingerprint density at radius 1 is 1.11 bits per heavy atom. The molecule has 0 atom stereocenters. The molecule has 1 aromatic heterocycles. The Hall–Kier alpha value is -1.70. The topological polar surface area (TPSA) is 57.7 Å². The summed E-state index contributed by atoms with van der Waals surface area (Å²) < 4.78 is 6.48. The van der Waals surface area contributed by atoms with Crippen molar-refractivity contribution in [1.29, 1.82) is 0 Å². The Bertz CT molecular complexity index is 836. The van der Waals surface area contributed by atoms with Crippen LogP contribution in [0.3, 0.4) is 0 Å². The van der Waals surface area contributed by atoms with E-state index in [9.17, 15) is 4.79 Å². The maximum atomic E-state index is 12.4. The number of ether oxygens (including phenoxy) is 1. The van der Waals surface area contributed by atoms with E-state index in [-0.39, 0.29) is 6.03 Å². The highest BCUT2D eigenvalue weighted by Gasteiger charge is 2.36. The lowest BCUT2D eigenvalue weighted by Crippen LogP contribution is -2.46. The van der Waals surface area contributed by atoms with Crippen molar-refractivity contribution in [3.8, 4) is 0 Å².